The Hall–Kier alpha value is -2.34. The average molecular weight is 292 g/mol. The number of ketones is 1. The molecule has 1 aromatic carbocycles. The van der Waals surface area contributed by atoms with E-state index < -0.39 is 17.8 Å². The molecular formula is C15H16O6. The minimum atomic E-state index is -1.23. The monoisotopic (exact) mass is 292 g/mol. The van der Waals surface area contributed by atoms with Crippen LogP contribution in [0.1, 0.15) is 35.3 Å². The molecule has 1 atom stereocenters. The summed E-state index contributed by atoms with van der Waals surface area (Å²) >= 11 is 0. The number of ether oxygens (including phenoxy) is 1. The third kappa shape index (κ3) is 2.50. The minimum absolute atomic E-state index is 0.112. The molecule has 1 heterocycles. The zero-order valence-corrected chi connectivity index (χ0v) is 11.9. The van der Waals surface area contributed by atoms with Gasteiger partial charge in [0, 0.05) is 12.0 Å². The van der Waals surface area contributed by atoms with Crippen molar-refractivity contribution < 1.29 is 29.6 Å². The number of carbonyl (C=O) groups excluding carboxylic acids is 2. The number of esters is 1. The van der Waals surface area contributed by atoms with E-state index in [1.54, 1.807) is 6.92 Å². The number of aromatic hydroxyl groups is 1. The van der Waals surface area contributed by atoms with Crippen LogP contribution in [0.25, 0.3) is 0 Å². The zero-order valence-electron chi connectivity index (χ0n) is 11.9. The SMILES string of the molecule is CC(=O)c1cc(C)c2c(c1O)CC(=C(O)[C@@H](C)O)C(=O)O2. The number of hydrogen-bond donors (Lipinski definition) is 3. The molecule has 0 unspecified atom stereocenters. The van der Waals surface area contributed by atoms with Crippen LogP contribution in [0.3, 0.4) is 0 Å². The maximum Gasteiger partial charge on any atom is 0.343 e. The number of hydrogen-bond acceptors (Lipinski definition) is 6. The van der Waals surface area contributed by atoms with Gasteiger partial charge in [-0.05, 0) is 32.4 Å². The Morgan fingerprint density at radius 1 is 1.43 bits per heavy atom. The standard InChI is InChI=1S/C15H16O6/c1-6-4-9(7(2)16)13(19)10-5-11(12(18)8(3)17)15(20)21-14(6)10/h4,8,17-19H,5H2,1-3H3/t8-/m1/s1. The first kappa shape index (κ1) is 15.1. The molecule has 0 saturated heterocycles. The van der Waals surface area contributed by atoms with E-state index in [4.69, 9.17) is 4.74 Å². The summed E-state index contributed by atoms with van der Waals surface area (Å²) in [7, 11) is 0. The van der Waals surface area contributed by atoms with Crippen molar-refractivity contribution >= 4 is 11.8 Å². The van der Waals surface area contributed by atoms with Gasteiger partial charge in [0.1, 0.15) is 23.4 Å². The molecule has 2 rings (SSSR count). The lowest BCUT2D eigenvalue weighted by Crippen LogP contribution is -2.25. The van der Waals surface area contributed by atoms with Crippen LogP contribution in [0.15, 0.2) is 17.4 Å². The highest BCUT2D eigenvalue weighted by Crippen LogP contribution is 2.40. The predicted octanol–water partition coefficient (Wildman–Crippen LogP) is 1.56. The van der Waals surface area contributed by atoms with Gasteiger partial charge in [-0.2, -0.15) is 0 Å². The van der Waals surface area contributed by atoms with Gasteiger partial charge in [-0.25, -0.2) is 4.79 Å². The van der Waals surface area contributed by atoms with E-state index in [2.05, 4.69) is 0 Å². The molecule has 112 valence electrons. The number of aliphatic hydroxyl groups excluding tert-OH is 2. The molecule has 3 N–H and O–H groups in total. The van der Waals surface area contributed by atoms with Crippen molar-refractivity contribution in [2.75, 3.05) is 0 Å². The summed E-state index contributed by atoms with van der Waals surface area (Å²) in [6.07, 6.45) is -1.34. The van der Waals surface area contributed by atoms with E-state index >= 15 is 0 Å². The van der Waals surface area contributed by atoms with Gasteiger partial charge in [-0.3, -0.25) is 4.79 Å². The lowest BCUT2D eigenvalue weighted by Gasteiger charge is -2.23. The van der Waals surface area contributed by atoms with Crippen LogP contribution in [0.5, 0.6) is 11.5 Å². The van der Waals surface area contributed by atoms with Gasteiger partial charge in [-0.15, -0.1) is 0 Å². The van der Waals surface area contributed by atoms with E-state index in [9.17, 15) is 24.9 Å². The molecule has 1 aliphatic rings. The van der Waals surface area contributed by atoms with Crippen LogP contribution in [0.4, 0.5) is 0 Å². The Balaban J connectivity index is 2.65. The fraction of sp³-hybridized carbons (Fsp3) is 0.333. The Kier molecular flexibility index (Phi) is 3.74. The predicted molar refractivity (Wildman–Crippen MR) is 73.5 cm³/mol. The highest BCUT2D eigenvalue weighted by molar-refractivity contribution is 6.00. The van der Waals surface area contributed by atoms with E-state index in [1.807, 2.05) is 0 Å². The number of Topliss-reactive ketones (excluding diaryl/α,β-unsaturated/α-hetero) is 1. The summed E-state index contributed by atoms with van der Waals surface area (Å²) in [5, 5.41) is 29.3. The summed E-state index contributed by atoms with van der Waals surface area (Å²) in [5.74, 6) is -1.69. The van der Waals surface area contributed by atoms with Crippen molar-refractivity contribution in [2.45, 2.75) is 33.3 Å². The normalized spacial score (nSPS) is 17.8. The van der Waals surface area contributed by atoms with Gasteiger partial charge in [0.15, 0.2) is 5.78 Å². The third-order valence-corrected chi connectivity index (χ3v) is 3.41. The Labute approximate surface area is 121 Å². The molecule has 6 nitrogen and oxygen atoms in total. The minimum Gasteiger partial charge on any atom is -0.509 e. The van der Waals surface area contributed by atoms with Crippen LogP contribution in [-0.4, -0.2) is 33.2 Å². The molecule has 1 aliphatic heterocycles. The van der Waals surface area contributed by atoms with Gasteiger partial charge >= 0.3 is 5.97 Å². The molecule has 0 amide bonds. The van der Waals surface area contributed by atoms with Gasteiger partial charge in [0.25, 0.3) is 0 Å². The van der Waals surface area contributed by atoms with Crippen molar-refractivity contribution in [3.63, 3.8) is 0 Å². The number of fused-ring (bicyclic) bond motifs is 1. The van der Waals surface area contributed by atoms with Crippen molar-refractivity contribution in [2.24, 2.45) is 0 Å². The molecule has 0 fully saturated rings. The molecule has 0 saturated carbocycles. The van der Waals surface area contributed by atoms with E-state index in [0.717, 1.165) is 0 Å². The Bertz CT molecular complexity index is 669. The summed E-state index contributed by atoms with van der Waals surface area (Å²) < 4.78 is 5.12. The van der Waals surface area contributed by atoms with Gasteiger partial charge < -0.3 is 20.1 Å². The van der Waals surface area contributed by atoms with Crippen LogP contribution in [0, 0.1) is 6.92 Å². The van der Waals surface area contributed by atoms with Crippen molar-refractivity contribution in [3.05, 3.63) is 34.1 Å². The first-order chi connectivity index (χ1) is 9.73. The Morgan fingerprint density at radius 2 is 2.05 bits per heavy atom. The number of rotatable bonds is 2. The van der Waals surface area contributed by atoms with Gasteiger partial charge in [0.2, 0.25) is 0 Å². The fourth-order valence-electron chi connectivity index (χ4n) is 2.28. The lowest BCUT2D eigenvalue weighted by atomic mass is 9.93. The fourth-order valence-corrected chi connectivity index (χ4v) is 2.28. The van der Waals surface area contributed by atoms with Crippen molar-refractivity contribution in [1.29, 1.82) is 0 Å². The number of carbonyl (C=O) groups is 2. The highest BCUT2D eigenvalue weighted by atomic mass is 16.5. The molecule has 21 heavy (non-hydrogen) atoms. The first-order valence-corrected chi connectivity index (χ1v) is 6.42. The summed E-state index contributed by atoms with van der Waals surface area (Å²) in [6.45, 7) is 4.28. The van der Waals surface area contributed by atoms with Crippen LogP contribution >= 0.6 is 0 Å². The number of phenols is 1. The quantitative estimate of drug-likeness (QED) is 0.251. The number of phenolic OH excluding ortho intramolecular Hbond substituents is 1. The van der Waals surface area contributed by atoms with Crippen LogP contribution < -0.4 is 4.74 Å². The zero-order chi connectivity index (χ0) is 15.9. The third-order valence-electron chi connectivity index (χ3n) is 3.41. The van der Waals surface area contributed by atoms with Crippen LogP contribution in [0.2, 0.25) is 0 Å². The maximum absolute atomic E-state index is 11.9. The van der Waals surface area contributed by atoms with E-state index in [0.29, 0.717) is 5.56 Å². The molecule has 0 bridgehead atoms. The topological polar surface area (TPSA) is 104 Å². The second-order valence-electron chi connectivity index (χ2n) is 5.06. The average Bonchev–Trinajstić information content (AvgIpc) is 2.41. The van der Waals surface area contributed by atoms with Gasteiger partial charge in [-0.1, -0.05) is 0 Å². The smallest absolute Gasteiger partial charge is 0.343 e. The second-order valence-corrected chi connectivity index (χ2v) is 5.06. The van der Waals surface area contributed by atoms with Gasteiger partial charge in [0.05, 0.1) is 11.1 Å². The largest absolute Gasteiger partial charge is 0.509 e. The maximum atomic E-state index is 11.9. The molecule has 1 aromatic rings. The summed E-state index contributed by atoms with van der Waals surface area (Å²) in [5.41, 5.74) is 0.784. The number of aryl methyl sites for hydroxylation is 1. The summed E-state index contributed by atoms with van der Waals surface area (Å²) in [6, 6.07) is 1.45. The highest BCUT2D eigenvalue weighted by Gasteiger charge is 2.32. The van der Waals surface area contributed by atoms with E-state index in [1.165, 1.54) is 19.9 Å². The lowest BCUT2D eigenvalue weighted by molar-refractivity contribution is -0.131. The second kappa shape index (κ2) is 5.21. The molecule has 6 heteroatoms. The Morgan fingerprint density at radius 3 is 2.57 bits per heavy atom. The molecule has 0 aliphatic carbocycles. The number of aliphatic hydroxyl groups is 2. The number of benzene rings is 1. The molecular weight excluding hydrogens is 276 g/mol. The molecule has 0 radical (unpaired) electrons. The van der Waals surface area contributed by atoms with Crippen molar-refractivity contribution in [1.82, 2.24) is 0 Å². The van der Waals surface area contributed by atoms with Crippen molar-refractivity contribution in [3.8, 4) is 11.5 Å². The summed E-state index contributed by atoms with van der Waals surface area (Å²) in [4.78, 5) is 23.4. The first-order valence-electron chi connectivity index (χ1n) is 6.42. The van der Waals surface area contributed by atoms with Crippen LogP contribution in [-0.2, 0) is 11.2 Å². The molecule has 0 aromatic heterocycles. The molecule has 0 spiro atoms. The van der Waals surface area contributed by atoms with E-state index in [-0.39, 0.29) is 40.4 Å².